The van der Waals surface area contributed by atoms with E-state index >= 15 is 0 Å². The number of pyridine rings is 1. The van der Waals surface area contributed by atoms with Crippen LogP contribution in [0.2, 0.25) is 5.02 Å². The maximum absolute atomic E-state index is 8.82. The SMILES string of the molecule is N#Cc1ccc(CSc2nnc3ccccn23)c(Cl)c1. The third-order valence-electron chi connectivity index (χ3n) is 2.82. The van der Waals surface area contributed by atoms with E-state index in [4.69, 9.17) is 16.9 Å². The fraction of sp³-hybridized carbons (Fsp3) is 0.0714. The molecule has 0 aliphatic rings. The summed E-state index contributed by atoms with van der Waals surface area (Å²) in [5.41, 5.74) is 2.36. The van der Waals surface area contributed by atoms with Crippen molar-refractivity contribution in [3.8, 4) is 6.07 Å². The molecule has 2 heterocycles. The zero-order chi connectivity index (χ0) is 13.9. The minimum absolute atomic E-state index is 0.566. The van der Waals surface area contributed by atoms with Crippen molar-refractivity contribution in [2.75, 3.05) is 0 Å². The fourth-order valence-electron chi connectivity index (χ4n) is 1.79. The molecule has 3 rings (SSSR count). The molecule has 4 nitrogen and oxygen atoms in total. The number of nitriles is 1. The Balaban J connectivity index is 1.81. The number of fused-ring (bicyclic) bond motifs is 1. The Morgan fingerprint density at radius 1 is 1.25 bits per heavy atom. The summed E-state index contributed by atoms with van der Waals surface area (Å²) < 4.78 is 1.93. The molecule has 0 N–H and O–H groups in total. The number of hydrogen-bond donors (Lipinski definition) is 0. The van der Waals surface area contributed by atoms with Gasteiger partial charge in [0, 0.05) is 17.0 Å². The number of rotatable bonds is 3. The van der Waals surface area contributed by atoms with E-state index in [-0.39, 0.29) is 0 Å². The normalized spacial score (nSPS) is 10.6. The summed E-state index contributed by atoms with van der Waals surface area (Å²) in [5, 5.41) is 18.5. The van der Waals surface area contributed by atoms with E-state index in [1.807, 2.05) is 34.9 Å². The van der Waals surface area contributed by atoms with Crippen molar-refractivity contribution in [2.45, 2.75) is 10.9 Å². The second-order valence-corrected chi connectivity index (χ2v) is 5.47. The van der Waals surface area contributed by atoms with E-state index in [1.165, 1.54) is 0 Å². The Hall–Kier alpha value is -2.03. The molecule has 0 radical (unpaired) electrons. The average molecular weight is 301 g/mol. The van der Waals surface area contributed by atoms with Crippen LogP contribution in [0.3, 0.4) is 0 Å². The number of benzene rings is 1. The molecule has 0 aliphatic heterocycles. The Bertz CT molecular complexity index is 806. The van der Waals surface area contributed by atoms with Crippen LogP contribution < -0.4 is 0 Å². The molecule has 1 aromatic carbocycles. The van der Waals surface area contributed by atoms with E-state index in [0.717, 1.165) is 16.4 Å². The molecule has 0 atom stereocenters. The second-order valence-electron chi connectivity index (χ2n) is 4.12. The minimum atomic E-state index is 0.566. The van der Waals surface area contributed by atoms with Crippen molar-refractivity contribution in [2.24, 2.45) is 0 Å². The Morgan fingerprint density at radius 2 is 2.15 bits per heavy atom. The van der Waals surface area contributed by atoms with E-state index in [1.54, 1.807) is 23.9 Å². The monoisotopic (exact) mass is 300 g/mol. The molecule has 0 amide bonds. The van der Waals surface area contributed by atoms with Crippen LogP contribution >= 0.6 is 23.4 Å². The van der Waals surface area contributed by atoms with E-state index < -0.39 is 0 Å². The summed E-state index contributed by atoms with van der Waals surface area (Å²) in [6, 6.07) is 13.2. The van der Waals surface area contributed by atoms with Gasteiger partial charge in [0.15, 0.2) is 10.8 Å². The van der Waals surface area contributed by atoms with Crippen LogP contribution in [-0.2, 0) is 5.75 Å². The highest BCUT2D eigenvalue weighted by atomic mass is 35.5. The lowest BCUT2D eigenvalue weighted by Crippen LogP contribution is -1.89. The molecule has 0 saturated carbocycles. The number of halogens is 1. The van der Waals surface area contributed by atoms with Gasteiger partial charge in [0.2, 0.25) is 0 Å². The highest BCUT2D eigenvalue weighted by molar-refractivity contribution is 7.98. The van der Waals surface area contributed by atoms with Crippen LogP contribution in [0.25, 0.3) is 5.65 Å². The second kappa shape index (κ2) is 5.53. The number of nitrogens with zero attached hydrogens (tertiary/aromatic N) is 4. The van der Waals surface area contributed by atoms with Crippen molar-refractivity contribution in [1.82, 2.24) is 14.6 Å². The molecule has 0 aliphatic carbocycles. The summed E-state index contributed by atoms with van der Waals surface area (Å²) in [6.45, 7) is 0. The molecular formula is C14H9ClN4S. The highest BCUT2D eigenvalue weighted by Gasteiger charge is 2.07. The molecular weight excluding hydrogens is 292 g/mol. The highest BCUT2D eigenvalue weighted by Crippen LogP contribution is 2.26. The van der Waals surface area contributed by atoms with Crippen LogP contribution in [0.5, 0.6) is 0 Å². The van der Waals surface area contributed by atoms with Crippen LogP contribution in [0.15, 0.2) is 47.8 Å². The van der Waals surface area contributed by atoms with E-state index in [9.17, 15) is 0 Å². The van der Waals surface area contributed by atoms with E-state index in [2.05, 4.69) is 16.3 Å². The van der Waals surface area contributed by atoms with Gasteiger partial charge >= 0.3 is 0 Å². The van der Waals surface area contributed by atoms with Crippen molar-refractivity contribution in [3.63, 3.8) is 0 Å². The first-order chi connectivity index (χ1) is 9.78. The number of thioether (sulfide) groups is 1. The van der Waals surface area contributed by atoms with Crippen LogP contribution in [-0.4, -0.2) is 14.6 Å². The molecule has 98 valence electrons. The van der Waals surface area contributed by atoms with Gasteiger partial charge in [0.25, 0.3) is 0 Å². The third kappa shape index (κ3) is 2.48. The molecule has 2 aromatic heterocycles. The molecule has 20 heavy (non-hydrogen) atoms. The Morgan fingerprint density at radius 3 is 2.95 bits per heavy atom. The smallest absolute Gasteiger partial charge is 0.195 e. The molecule has 0 unspecified atom stereocenters. The minimum Gasteiger partial charge on any atom is -0.277 e. The van der Waals surface area contributed by atoms with Gasteiger partial charge in [-0.3, -0.25) is 4.40 Å². The van der Waals surface area contributed by atoms with E-state index in [0.29, 0.717) is 16.3 Å². The zero-order valence-electron chi connectivity index (χ0n) is 10.3. The number of aromatic nitrogens is 3. The molecule has 3 aromatic rings. The zero-order valence-corrected chi connectivity index (χ0v) is 11.9. The van der Waals surface area contributed by atoms with Gasteiger partial charge in [-0.15, -0.1) is 10.2 Å². The third-order valence-corrected chi connectivity index (χ3v) is 4.17. The van der Waals surface area contributed by atoms with Gasteiger partial charge in [-0.25, -0.2) is 0 Å². The summed E-state index contributed by atoms with van der Waals surface area (Å²) in [6.07, 6.45) is 1.93. The maximum atomic E-state index is 8.82. The van der Waals surface area contributed by atoms with Crippen LogP contribution in [0.4, 0.5) is 0 Å². The van der Waals surface area contributed by atoms with Crippen LogP contribution in [0, 0.1) is 11.3 Å². The van der Waals surface area contributed by atoms with Crippen molar-refractivity contribution in [3.05, 3.63) is 58.7 Å². The Kier molecular flexibility index (Phi) is 3.59. The van der Waals surface area contributed by atoms with Crippen molar-refractivity contribution >= 4 is 29.0 Å². The summed E-state index contributed by atoms with van der Waals surface area (Å²) in [7, 11) is 0. The fourth-order valence-corrected chi connectivity index (χ4v) is 3.05. The van der Waals surface area contributed by atoms with Gasteiger partial charge in [-0.2, -0.15) is 5.26 Å². The standard InChI is InChI=1S/C14H9ClN4S/c15-12-7-10(8-16)4-5-11(12)9-20-14-18-17-13-3-1-2-6-19(13)14/h1-7H,9H2. The molecule has 0 spiro atoms. The van der Waals surface area contributed by atoms with Gasteiger partial charge in [0.05, 0.1) is 11.6 Å². The van der Waals surface area contributed by atoms with Gasteiger partial charge < -0.3 is 0 Å². The molecule has 0 saturated heterocycles. The quantitative estimate of drug-likeness (QED) is 0.694. The molecule has 6 heteroatoms. The average Bonchev–Trinajstić information content (AvgIpc) is 2.89. The lowest BCUT2D eigenvalue weighted by molar-refractivity contribution is 0.921. The molecule has 0 fully saturated rings. The van der Waals surface area contributed by atoms with Crippen molar-refractivity contribution < 1.29 is 0 Å². The maximum Gasteiger partial charge on any atom is 0.195 e. The van der Waals surface area contributed by atoms with Gasteiger partial charge in [0.1, 0.15) is 0 Å². The van der Waals surface area contributed by atoms with Crippen molar-refractivity contribution in [1.29, 1.82) is 5.26 Å². The topological polar surface area (TPSA) is 54.0 Å². The summed E-state index contributed by atoms with van der Waals surface area (Å²) in [4.78, 5) is 0. The van der Waals surface area contributed by atoms with Gasteiger partial charge in [-0.1, -0.05) is 35.5 Å². The van der Waals surface area contributed by atoms with Crippen LogP contribution in [0.1, 0.15) is 11.1 Å². The first-order valence-corrected chi connectivity index (χ1v) is 7.25. The lowest BCUT2D eigenvalue weighted by atomic mass is 10.2. The largest absolute Gasteiger partial charge is 0.277 e. The summed E-state index contributed by atoms with van der Waals surface area (Å²) in [5.74, 6) is 0.681. The predicted molar refractivity (Wildman–Crippen MR) is 78.7 cm³/mol. The first kappa shape index (κ1) is 13.0. The van der Waals surface area contributed by atoms with Gasteiger partial charge in [-0.05, 0) is 29.8 Å². The predicted octanol–water partition coefficient (Wildman–Crippen LogP) is 3.55. The lowest BCUT2D eigenvalue weighted by Gasteiger charge is -2.03. The summed E-state index contributed by atoms with van der Waals surface area (Å²) >= 11 is 7.72. The number of hydrogen-bond acceptors (Lipinski definition) is 4. The Labute approximate surface area is 125 Å². The molecule has 0 bridgehead atoms. The first-order valence-electron chi connectivity index (χ1n) is 5.89.